The maximum Gasteiger partial charge on any atom is 0.0611 e. The van der Waals surface area contributed by atoms with Crippen molar-refractivity contribution >= 4 is 0 Å². The molecule has 1 saturated carbocycles. The van der Waals surface area contributed by atoms with Gasteiger partial charge in [-0.2, -0.15) is 0 Å². The number of likely N-dealkylation sites (tertiary alicyclic amines) is 1. The summed E-state index contributed by atoms with van der Waals surface area (Å²) >= 11 is 0. The van der Waals surface area contributed by atoms with Crippen LogP contribution < -0.4 is 5.73 Å². The van der Waals surface area contributed by atoms with Gasteiger partial charge in [-0.15, -0.1) is 0 Å². The van der Waals surface area contributed by atoms with E-state index in [4.69, 9.17) is 5.73 Å². The summed E-state index contributed by atoms with van der Waals surface area (Å²) in [6.07, 6.45) is 8.54. The van der Waals surface area contributed by atoms with Crippen LogP contribution in [0.15, 0.2) is 0 Å². The van der Waals surface area contributed by atoms with E-state index in [9.17, 15) is 5.11 Å². The molecule has 94 valence electrons. The van der Waals surface area contributed by atoms with Gasteiger partial charge in [0.1, 0.15) is 0 Å². The average Bonchev–Trinajstić information content (AvgIpc) is 2.53. The molecule has 3 unspecified atom stereocenters. The monoisotopic (exact) mass is 226 g/mol. The number of nitrogens with zero attached hydrogens (tertiary/aromatic N) is 1. The summed E-state index contributed by atoms with van der Waals surface area (Å²) in [7, 11) is 0. The third-order valence-electron chi connectivity index (χ3n) is 4.51. The van der Waals surface area contributed by atoms with E-state index in [-0.39, 0.29) is 12.1 Å². The highest BCUT2D eigenvalue weighted by atomic mass is 16.3. The molecule has 0 aromatic heterocycles. The summed E-state index contributed by atoms with van der Waals surface area (Å²) in [5, 5.41) is 9.32. The third-order valence-corrected chi connectivity index (χ3v) is 4.51. The Bertz CT molecular complexity index is 234. The van der Waals surface area contributed by atoms with Crippen LogP contribution in [0.25, 0.3) is 0 Å². The lowest BCUT2D eigenvalue weighted by atomic mass is 10.00. The molecule has 1 heterocycles. The van der Waals surface area contributed by atoms with Gasteiger partial charge in [0.25, 0.3) is 0 Å². The van der Waals surface area contributed by atoms with Crippen molar-refractivity contribution in [2.75, 3.05) is 13.2 Å². The third kappa shape index (κ3) is 2.58. The Morgan fingerprint density at radius 3 is 2.81 bits per heavy atom. The van der Waals surface area contributed by atoms with Gasteiger partial charge in [0.2, 0.25) is 0 Å². The van der Waals surface area contributed by atoms with Crippen molar-refractivity contribution in [2.45, 2.75) is 69.5 Å². The minimum atomic E-state index is -0.295. The van der Waals surface area contributed by atoms with Crippen molar-refractivity contribution in [3.8, 4) is 0 Å². The van der Waals surface area contributed by atoms with Crippen molar-refractivity contribution in [3.05, 3.63) is 0 Å². The lowest BCUT2D eigenvalue weighted by Gasteiger charge is -2.34. The predicted octanol–water partition coefficient (Wildman–Crippen LogP) is 1.49. The highest BCUT2D eigenvalue weighted by Crippen LogP contribution is 2.33. The van der Waals surface area contributed by atoms with Crippen molar-refractivity contribution in [1.82, 2.24) is 4.90 Å². The highest BCUT2D eigenvalue weighted by molar-refractivity contribution is 4.98. The van der Waals surface area contributed by atoms with Gasteiger partial charge in [-0.1, -0.05) is 12.8 Å². The average molecular weight is 226 g/mol. The molecule has 3 N–H and O–H groups in total. The molecule has 0 aromatic rings. The molecular weight excluding hydrogens is 200 g/mol. The molecule has 1 aliphatic heterocycles. The first kappa shape index (κ1) is 12.3. The van der Waals surface area contributed by atoms with Crippen LogP contribution in [0.1, 0.15) is 51.9 Å². The van der Waals surface area contributed by atoms with Gasteiger partial charge in [0.05, 0.1) is 6.61 Å². The molecular formula is C13H26N2O. The van der Waals surface area contributed by atoms with Crippen LogP contribution in [0.3, 0.4) is 0 Å². The fourth-order valence-corrected chi connectivity index (χ4v) is 3.39. The van der Waals surface area contributed by atoms with Crippen molar-refractivity contribution in [3.63, 3.8) is 0 Å². The fraction of sp³-hybridized carbons (Fsp3) is 1.00. The smallest absolute Gasteiger partial charge is 0.0611 e. The Hall–Kier alpha value is -0.120. The second-order valence-electron chi connectivity index (χ2n) is 5.85. The van der Waals surface area contributed by atoms with Crippen LogP contribution in [0.2, 0.25) is 0 Å². The number of hydrogen-bond donors (Lipinski definition) is 2. The molecule has 1 saturated heterocycles. The van der Waals surface area contributed by atoms with Gasteiger partial charge in [-0.05, 0) is 45.6 Å². The zero-order chi connectivity index (χ0) is 11.6. The number of aliphatic hydroxyl groups excluding tert-OH is 1. The van der Waals surface area contributed by atoms with E-state index in [2.05, 4.69) is 11.8 Å². The Morgan fingerprint density at radius 1 is 1.31 bits per heavy atom. The number of aliphatic hydroxyl groups is 1. The standard InChI is InChI=1S/C13H26N2O/c1-11-5-3-2-4-8-15(11)12-6-7-13(14,9-12)10-16/h11-12,16H,2-10,14H2,1H3. The van der Waals surface area contributed by atoms with Crippen LogP contribution in [0.5, 0.6) is 0 Å². The quantitative estimate of drug-likeness (QED) is 0.750. The SMILES string of the molecule is CC1CCCCCN1C1CCC(N)(CO)C1. The minimum absolute atomic E-state index is 0.145. The van der Waals surface area contributed by atoms with Crippen molar-refractivity contribution in [1.29, 1.82) is 0 Å². The molecule has 0 amide bonds. The Balaban J connectivity index is 1.96. The summed E-state index contributed by atoms with van der Waals surface area (Å²) in [4.78, 5) is 2.65. The van der Waals surface area contributed by atoms with Crippen LogP contribution >= 0.6 is 0 Å². The predicted molar refractivity (Wildman–Crippen MR) is 66.3 cm³/mol. The summed E-state index contributed by atoms with van der Waals surface area (Å²) in [6.45, 7) is 3.72. The normalized spacial score (nSPS) is 42.2. The fourth-order valence-electron chi connectivity index (χ4n) is 3.39. The van der Waals surface area contributed by atoms with E-state index in [1.165, 1.54) is 38.6 Å². The van der Waals surface area contributed by atoms with Gasteiger partial charge < -0.3 is 10.8 Å². The van der Waals surface area contributed by atoms with Gasteiger partial charge >= 0.3 is 0 Å². The summed E-state index contributed by atoms with van der Waals surface area (Å²) < 4.78 is 0. The molecule has 3 atom stereocenters. The molecule has 0 bridgehead atoms. The second-order valence-corrected chi connectivity index (χ2v) is 5.85. The Morgan fingerprint density at radius 2 is 2.12 bits per heavy atom. The van der Waals surface area contributed by atoms with Gasteiger partial charge in [0, 0.05) is 17.6 Å². The van der Waals surface area contributed by atoms with Crippen molar-refractivity contribution < 1.29 is 5.11 Å². The van der Waals surface area contributed by atoms with E-state index in [0.717, 1.165) is 12.8 Å². The molecule has 0 aromatic carbocycles. The number of rotatable bonds is 2. The molecule has 2 fully saturated rings. The molecule has 2 aliphatic rings. The summed E-state index contributed by atoms with van der Waals surface area (Å²) in [6, 6.07) is 1.32. The van der Waals surface area contributed by atoms with Crippen LogP contribution in [0.4, 0.5) is 0 Å². The van der Waals surface area contributed by atoms with Crippen LogP contribution in [-0.4, -0.2) is 40.8 Å². The largest absolute Gasteiger partial charge is 0.394 e. The lowest BCUT2D eigenvalue weighted by Crippen LogP contribution is -2.45. The van der Waals surface area contributed by atoms with Gasteiger partial charge in [-0.3, -0.25) is 4.90 Å². The molecule has 0 radical (unpaired) electrons. The maximum absolute atomic E-state index is 9.32. The molecule has 3 nitrogen and oxygen atoms in total. The molecule has 16 heavy (non-hydrogen) atoms. The van der Waals surface area contributed by atoms with Gasteiger partial charge in [-0.25, -0.2) is 0 Å². The molecule has 3 heteroatoms. The molecule has 2 rings (SSSR count). The molecule has 1 aliphatic carbocycles. The topological polar surface area (TPSA) is 49.5 Å². The molecule has 0 spiro atoms. The van der Waals surface area contributed by atoms with E-state index < -0.39 is 0 Å². The summed E-state index contributed by atoms with van der Waals surface area (Å²) in [5.74, 6) is 0. The Labute approximate surface area is 99.0 Å². The van der Waals surface area contributed by atoms with Crippen LogP contribution in [0, 0.1) is 0 Å². The first-order chi connectivity index (χ1) is 7.64. The van der Waals surface area contributed by atoms with E-state index in [0.29, 0.717) is 12.1 Å². The number of hydrogen-bond acceptors (Lipinski definition) is 3. The Kier molecular flexibility index (Phi) is 3.88. The van der Waals surface area contributed by atoms with E-state index in [1.807, 2.05) is 0 Å². The first-order valence-electron chi connectivity index (χ1n) is 6.80. The van der Waals surface area contributed by atoms with E-state index >= 15 is 0 Å². The minimum Gasteiger partial charge on any atom is -0.394 e. The zero-order valence-corrected chi connectivity index (χ0v) is 10.5. The van der Waals surface area contributed by atoms with Gasteiger partial charge in [0.15, 0.2) is 0 Å². The van der Waals surface area contributed by atoms with E-state index in [1.54, 1.807) is 0 Å². The second kappa shape index (κ2) is 5.03. The van der Waals surface area contributed by atoms with Crippen molar-refractivity contribution in [2.24, 2.45) is 5.73 Å². The zero-order valence-electron chi connectivity index (χ0n) is 10.5. The summed E-state index contributed by atoms with van der Waals surface area (Å²) in [5.41, 5.74) is 5.87. The maximum atomic E-state index is 9.32. The first-order valence-corrected chi connectivity index (χ1v) is 6.80. The highest BCUT2D eigenvalue weighted by Gasteiger charge is 2.39. The lowest BCUT2D eigenvalue weighted by molar-refractivity contribution is 0.133. The van der Waals surface area contributed by atoms with Crippen LogP contribution in [-0.2, 0) is 0 Å². The number of nitrogens with two attached hydrogens (primary N) is 1.